The lowest BCUT2D eigenvalue weighted by Crippen LogP contribution is -2.16. The number of hydrogen-bond donors (Lipinski definition) is 1. The summed E-state index contributed by atoms with van der Waals surface area (Å²) in [6, 6.07) is 6.22. The second kappa shape index (κ2) is 6.44. The monoisotopic (exact) mass is 219 g/mol. The van der Waals surface area contributed by atoms with Crippen LogP contribution in [0.15, 0.2) is 18.2 Å². The van der Waals surface area contributed by atoms with Crippen LogP contribution in [-0.2, 0) is 17.6 Å². The van der Waals surface area contributed by atoms with E-state index in [-0.39, 0.29) is 12.3 Å². The van der Waals surface area contributed by atoms with Gasteiger partial charge in [-0.15, -0.1) is 0 Å². The Hall–Kier alpha value is -1.15. The Morgan fingerprint density at radius 3 is 2.62 bits per heavy atom. The van der Waals surface area contributed by atoms with E-state index in [1.807, 2.05) is 12.1 Å². The SMILES string of the molecule is CCCCc1cccc(CC(=O)CN)c1C. The van der Waals surface area contributed by atoms with Crippen molar-refractivity contribution in [3.8, 4) is 0 Å². The van der Waals surface area contributed by atoms with Crippen molar-refractivity contribution >= 4 is 5.78 Å². The van der Waals surface area contributed by atoms with Gasteiger partial charge in [-0.25, -0.2) is 0 Å². The number of hydrogen-bond acceptors (Lipinski definition) is 2. The number of Topliss-reactive ketones (excluding diaryl/α,β-unsaturated/α-hetero) is 1. The van der Waals surface area contributed by atoms with Crippen LogP contribution >= 0.6 is 0 Å². The average molecular weight is 219 g/mol. The molecule has 0 aliphatic heterocycles. The van der Waals surface area contributed by atoms with Gasteiger partial charge in [-0.05, 0) is 36.5 Å². The summed E-state index contributed by atoms with van der Waals surface area (Å²) < 4.78 is 0. The summed E-state index contributed by atoms with van der Waals surface area (Å²) in [6.07, 6.45) is 3.98. The highest BCUT2D eigenvalue weighted by molar-refractivity contribution is 5.82. The Morgan fingerprint density at radius 1 is 1.31 bits per heavy atom. The van der Waals surface area contributed by atoms with Crippen molar-refractivity contribution in [3.63, 3.8) is 0 Å². The van der Waals surface area contributed by atoms with Gasteiger partial charge >= 0.3 is 0 Å². The summed E-state index contributed by atoms with van der Waals surface area (Å²) in [4.78, 5) is 11.3. The minimum atomic E-state index is 0.107. The summed E-state index contributed by atoms with van der Waals surface area (Å²) in [5.41, 5.74) is 9.09. The third kappa shape index (κ3) is 3.46. The number of unbranched alkanes of at least 4 members (excludes halogenated alkanes) is 1. The van der Waals surface area contributed by atoms with Crippen molar-refractivity contribution in [1.29, 1.82) is 0 Å². The summed E-state index contributed by atoms with van der Waals surface area (Å²) in [7, 11) is 0. The van der Waals surface area contributed by atoms with Gasteiger partial charge in [0.05, 0.1) is 6.54 Å². The Morgan fingerprint density at radius 2 is 2.00 bits per heavy atom. The molecule has 0 aromatic heterocycles. The molecule has 0 heterocycles. The van der Waals surface area contributed by atoms with Crippen molar-refractivity contribution in [2.75, 3.05) is 6.54 Å². The minimum absolute atomic E-state index is 0.107. The Labute approximate surface area is 97.9 Å². The average Bonchev–Trinajstić information content (AvgIpc) is 2.30. The molecule has 1 aromatic carbocycles. The predicted octanol–water partition coefficient (Wildman–Crippen LogP) is 2.41. The number of benzene rings is 1. The van der Waals surface area contributed by atoms with Crippen molar-refractivity contribution in [3.05, 3.63) is 34.9 Å². The molecule has 0 atom stereocenters. The molecule has 0 saturated heterocycles. The molecular weight excluding hydrogens is 198 g/mol. The molecule has 0 aliphatic rings. The van der Waals surface area contributed by atoms with E-state index in [2.05, 4.69) is 19.9 Å². The zero-order valence-electron chi connectivity index (χ0n) is 10.3. The van der Waals surface area contributed by atoms with Crippen LogP contribution in [-0.4, -0.2) is 12.3 Å². The first-order valence-electron chi connectivity index (χ1n) is 5.98. The summed E-state index contributed by atoms with van der Waals surface area (Å²) in [5.74, 6) is 0.107. The largest absolute Gasteiger partial charge is 0.324 e. The van der Waals surface area contributed by atoms with Crippen molar-refractivity contribution < 1.29 is 4.79 Å². The highest BCUT2D eigenvalue weighted by Gasteiger charge is 2.07. The number of aryl methyl sites for hydroxylation is 1. The van der Waals surface area contributed by atoms with Crippen molar-refractivity contribution in [2.24, 2.45) is 5.73 Å². The standard InChI is InChI=1S/C14H21NO/c1-3-4-6-12-7-5-8-13(11(12)2)9-14(16)10-15/h5,7-8H,3-4,6,9-10,15H2,1-2H3. The smallest absolute Gasteiger partial charge is 0.150 e. The number of ketones is 1. The molecule has 0 radical (unpaired) electrons. The quantitative estimate of drug-likeness (QED) is 0.798. The number of rotatable bonds is 6. The molecule has 88 valence electrons. The zero-order valence-corrected chi connectivity index (χ0v) is 10.3. The summed E-state index contributed by atoms with van der Waals surface area (Å²) in [5, 5.41) is 0. The number of carbonyl (C=O) groups is 1. The van der Waals surface area contributed by atoms with Crippen molar-refractivity contribution in [2.45, 2.75) is 39.5 Å². The zero-order chi connectivity index (χ0) is 12.0. The molecule has 0 amide bonds. The van der Waals surface area contributed by atoms with Crippen LogP contribution in [0.25, 0.3) is 0 Å². The Balaban J connectivity index is 2.81. The van der Waals surface area contributed by atoms with Gasteiger partial charge in [-0.3, -0.25) is 4.79 Å². The van der Waals surface area contributed by atoms with Gasteiger partial charge < -0.3 is 5.73 Å². The third-order valence-electron chi connectivity index (χ3n) is 2.97. The molecule has 0 saturated carbocycles. The highest BCUT2D eigenvalue weighted by Crippen LogP contribution is 2.16. The third-order valence-corrected chi connectivity index (χ3v) is 2.97. The molecule has 0 bridgehead atoms. The molecule has 1 rings (SSSR count). The van der Waals surface area contributed by atoms with E-state index >= 15 is 0 Å². The number of nitrogens with two attached hydrogens (primary N) is 1. The molecule has 2 nitrogen and oxygen atoms in total. The fourth-order valence-corrected chi connectivity index (χ4v) is 1.85. The molecule has 0 fully saturated rings. The second-order valence-electron chi connectivity index (χ2n) is 4.22. The van der Waals surface area contributed by atoms with Crippen LogP contribution in [0.1, 0.15) is 36.5 Å². The van der Waals surface area contributed by atoms with Crippen molar-refractivity contribution in [1.82, 2.24) is 0 Å². The molecular formula is C14H21NO. The van der Waals surface area contributed by atoms with E-state index < -0.39 is 0 Å². The van der Waals surface area contributed by atoms with Crippen LogP contribution in [0.5, 0.6) is 0 Å². The lowest BCUT2D eigenvalue weighted by atomic mass is 9.95. The minimum Gasteiger partial charge on any atom is -0.324 e. The number of carbonyl (C=O) groups excluding carboxylic acids is 1. The normalized spacial score (nSPS) is 10.4. The predicted molar refractivity (Wildman–Crippen MR) is 67.6 cm³/mol. The topological polar surface area (TPSA) is 43.1 Å². The molecule has 0 unspecified atom stereocenters. The molecule has 0 aliphatic carbocycles. The van der Waals surface area contributed by atoms with Crippen LogP contribution in [0.4, 0.5) is 0 Å². The maximum atomic E-state index is 11.3. The Kier molecular flexibility index (Phi) is 5.20. The maximum absolute atomic E-state index is 11.3. The first kappa shape index (κ1) is 12.9. The van der Waals surface area contributed by atoms with Crippen LogP contribution in [0.3, 0.4) is 0 Å². The molecule has 16 heavy (non-hydrogen) atoms. The lowest BCUT2D eigenvalue weighted by molar-refractivity contribution is -0.117. The van der Waals surface area contributed by atoms with Gasteiger partial charge in [-0.1, -0.05) is 31.5 Å². The van der Waals surface area contributed by atoms with Gasteiger partial charge in [0.2, 0.25) is 0 Å². The van der Waals surface area contributed by atoms with Gasteiger partial charge in [0, 0.05) is 6.42 Å². The van der Waals surface area contributed by atoms with Gasteiger partial charge in [-0.2, -0.15) is 0 Å². The molecule has 2 N–H and O–H groups in total. The van der Waals surface area contributed by atoms with E-state index in [1.165, 1.54) is 24.0 Å². The first-order chi connectivity index (χ1) is 7.69. The fraction of sp³-hybridized carbons (Fsp3) is 0.500. The van der Waals surface area contributed by atoms with E-state index in [1.54, 1.807) is 0 Å². The van der Waals surface area contributed by atoms with E-state index in [9.17, 15) is 4.79 Å². The van der Waals surface area contributed by atoms with E-state index in [0.29, 0.717) is 6.42 Å². The van der Waals surface area contributed by atoms with Crippen LogP contribution in [0, 0.1) is 6.92 Å². The van der Waals surface area contributed by atoms with Gasteiger partial charge in [0.15, 0.2) is 5.78 Å². The first-order valence-corrected chi connectivity index (χ1v) is 5.98. The second-order valence-corrected chi connectivity index (χ2v) is 4.22. The maximum Gasteiger partial charge on any atom is 0.150 e. The molecule has 2 heteroatoms. The van der Waals surface area contributed by atoms with Crippen LogP contribution < -0.4 is 5.73 Å². The van der Waals surface area contributed by atoms with Gasteiger partial charge in [0.1, 0.15) is 0 Å². The Bertz CT molecular complexity index is 358. The molecule has 1 aromatic rings. The highest BCUT2D eigenvalue weighted by atomic mass is 16.1. The van der Waals surface area contributed by atoms with Gasteiger partial charge in [0.25, 0.3) is 0 Å². The lowest BCUT2D eigenvalue weighted by Gasteiger charge is -2.10. The summed E-state index contributed by atoms with van der Waals surface area (Å²) in [6.45, 7) is 4.43. The van der Waals surface area contributed by atoms with E-state index in [0.717, 1.165) is 12.0 Å². The summed E-state index contributed by atoms with van der Waals surface area (Å²) >= 11 is 0. The molecule has 0 spiro atoms. The fourth-order valence-electron chi connectivity index (χ4n) is 1.85. The van der Waals surface area contributed by atoms with E-state index in [4.69, 9.17) is 5.73 Å². The van der Waals surface area contributed by atoms with Crippen LogP contribution in [0.2, 0.25) is 0 Å².